The number of anilines is 1. The third-order valence-corrected chi connectivity index (χ3v) is 6.65. The fraction of sp³-hybridized carbons (Fsp3) is 0.0417. The Kier molecular flexibility index (Phi) is 7.00. The predicted molar refractivity (Wildman–Crippen MR) is 137 cm³/mol. The zero-order valence-electron chi connectivity index (χ0n) is 19.0. The molecule has 3 aromatic carbocycles. The molecule has 0 spiro atoms. The van der Waals surface area contributed by atoms with Crippen LogP contribution in [0.4, 0.5) is 11.4 Å². The van der Waals surface area contributed by atoms with Crippen molar-refractivity contribution in [1.29, 1.82) is 0 Å². The molecule has 188 valence electrons. The number of benzene rings is 3. The van der Waals surface area contributed by atoms with Crippen LogP contribution in [0.25, 0.3) is 6.08 Å². The second kappa shape index (κ2) is 10.2. The molecule has 3 aromatic rings. The van der Waals surface area contributed by atoms with Gasteiger partial charge in [-0.3, -0.25) is 29.9 Å². The van der Waals surface area contributed by atoms with E-state index in [2.05, 4.69) is 5.32 Å². The first-order valence-corrected chi connectivity index (χ1v) is 12.3. The van der Waals surface area contributed by atoms with Crippen LogP contribution in [-0.2, 0) is 19.7 Å². The Labute approximate surface area is 216 Å². The predicted octanol–water partition coefficient (Wildman–Crippen LogP) is 3.20. The van der Waals surface area contributed by atoms with Gasteiger partial charge in [-0.2, -0.15) is 8.42 Å². The molecule has 0 atom stereocenters. The third kappa shape index (κ3) is 5.47. The minimum atomic E-state index is -4.41. The fourth-order valence-corrected chi connectivity index (χ4v) is 4.62. The molecule has 1 heterocycles. The Morgan fingerprint density at radius 2 is 1.70 bits per heavy atom. The van der Waals surface area contributed by atoms with Gasteiger partial charge in [-0.1, -0.05) is 18.2 Å². The number of non-ortho nitro benzene ring substituents is 1. The normalized spacial score (nSPS) is 14.9. The lowest BCUT2D eigenvalue weighted by molar-refractivity contribution is -0.385. The van der Waals surface area contributed by atoms with Gasteiger partial charge in [0.05, 0.1) is 17.7 Å². The van der Waals surface area contributed by atoms with Crippen molar-refractivity contribution in [2.75, 3.05) is 12.0 Å². The number of thiocarbonyl (C=S) groups is 1. The lowest BCUT2D eigenvalue weighted by Crippen LogP contribution is -2.54. The van der Waals surface area contributed by atoms with E-state index in [1.807, 2.05) is 0 Å². The summed E-state index contributed by atoms with van der Waals surface area (Å²) in [5, 5.41) is 13.3. The fourth-order valence-electron chi connectivity index (χ4n) is 3.37. The second-order valence-electron chi connectivity index (χ2n) is 7.52. The molecule has 1 fully saturated rings. The summed E-state index contributed by atoms with van der Waals surface area (Å²) < 4.78 is 35.6. The lowest BCUT2D eigenvalue weighted by Gasteiger charge is -2.29. The number of nitrogens with one attached hydrogen (secondary N) is 1. The number of carbonyl (C=O) groups is 2. The highest BCUT2D eigenvalue weighted by Gasteiger charge is 2.34. The van der Waals surface area contributed by atoms with E-state index in [1.54, 1.807) is 24.3 Å². The number of hydrogen-bond donors (Lipinski definition) is 1. The average molecular weight is 540 g/mol. The van der Waals surface area contributed by atoms with Crippen LogP contribution >= 0.6 is 12.2 Å². The molecule has 0 aromatic heterocycles. The van der Waals surface area contributed by atoms with E-state index in [9.17, 15) is 28.1 Å². The van der Waals surface area contributed by atoms with Crippen LogP contribution in [0.2, 0.25) is 0 Å². The summed E-state index contributed by atoms with van der Waals surface area (Å²) in [7, 11) is -2.91. The van der Waals surface area contributed by atoms with Crippen molar-refractivity contribution in [1.82, 2.24) is 5.32 Å². The molecule has 1 N–H and O–H groups in total. The van der Waals surface area contributed by atoms with Crippen LogP contribution < -0.4 is 19.1 Å². The van der Waals surface area contributed by atoms with Gasteiger partial charge in [-0.25, -0.2) is 0 Å². The van der Waals surface area contributed by atoms with Crippen molar-refractivity contribution in [2.24, 2.45) is 0 Å². The largest absolute Gasteiger partial charge is 0.497 e. The Morgan fingerprint density at radius 1 is 1.00 bits per heavy atom. The first kappa shape index (κ1) is 25.5. The number of amides is 2. The highest BCUT2D eigenvalue weighted by atomic mass is 32.2. The molecular formula is C24H17N3O8S2. The quantitative estimate of drug-likeness (QED) is 0.119. The van der Waals surface area contributed by atoms with Crippen molar-refractivity contribution in [2.45, 2.75) is 4.90 Å². The first-order chi connectivity index (χ1) is 17.6. The first-order valence-electron chi connectivity index (χ1n) is 10.4. The number of methoxy groups -OCH3 is 1. The van der Waals surface area contributed by atoms with E-state index in [0.717, 1.165) is 23.1 Å². The molecule has 0 unspecified atom stereocenters. The van der Waals surface area contributed by atoms with Crippen LogP contribution in [-0.4, -0.2) is 37.4 Å². The highest BCUT2D eigenvalue weighted by Crippen LogP contribution is 2.26. The highest BCUT2D eigenvalue weighted by molar-refractivity contribution is 7.87. The summed E-state index contributed by atoms with van der Waals surface area (Å²) in [6, 6.07) is 16.5. The number of nitrogens with zero attached hydrogens (tertiary/aromatic N) is 2. The van der Waals surface area contributed by atoms with Gasteiger partial charge in [0, 0.05) is 12.1 Å². The Hall–Kier alpha value is -4.62. The van der Waals surface area contributed by atoms with E-state index < -0.39 is 37.4 Å². The van der Waals surface area contributed by atoms with Gasteiger partial charge in [0.15, 0.2) is 5.11 Å². The number of rotatable bonds is 7. The van der Waals surface area contributed by atoms with Gasteiger partial charge < -0.3 is 8.92 Å². The average Bonchev–Trinajstić information content (AvgIpc) is 2.87. The van der Waals surface area contributed by atoms with Crippen molar-refractivity contribution < 1.29 is 31.9 Å². The van der Waals surface area contributed by atoms with Crippen LogP contribution in [0, 0.1) is 10.1 Å². The maximum atomic E-state index is 13.2. The Balaban J connectivity index is 1.62. The van der Waals surface area contributed by atoms with Gasteiger partial charge in [0.1, 0.15) is 22.0 Å². The maximum absolute atomic E-state index is 13.2. The molecule has 1 aliphatic rings. The van der Waals surface area contributed by atoms with Gasteiger partial charge in [0.2, 0.25) is 0 Å². The van der Waals surface area contributed by atoms with E-state index in [1.165, 1.54) is 43.5 Å². The van der Waals surface area contributed by atoms with Gasteiger partial charge in [-0.05, 0) is 66.3 Å². The zero-order chi connectivity index (χ0) is 26.7. The second-order valence-corrected chi connectivity index (χ2v) is 9.45. The summed E-state index contributed by atoms with van der Waals surface area (Å²) in [4.78, 5) is 36.7. The molecule has 0 radical (unpaired) electrons. The molecule has 1 aliphatic heterocycles. The maximum Gasteiger partial charge on any atom is 0.339 e. The van der Waals surface area contributed by atoms with Gasteiger partial charge in [0.25, 0.3) is 17.5 Å². The smallest absolute Gasteiger partial charge is 0.339 e. The van der Waals surface area contributed by atoms with Crippen LogP contribution in [0.1, 0.15) is 5.56 Å². The molecule has 4 rings (SSSR count). The van der Waals surface area contributed by atoms with Gasteiger partial charge >= 0.3 is 10.1 Å². The molecule has 2 amide bonds. The minimum absolute atomic E-state index is 0.0996. The summed E-state index contributed by atoms with van der Waals surface area (Å²) in [5.41, 5.74) is 0.0296. The van der Waals surface area contributed by atoms with Crippen molar-refractivity contribution in [3.8, 4) is 11.5 Å². The number of carbonyl (C=O) groups excluding carboxylic acids is 2. The molecule has 13 heteroatoms. The molecule has 11 nitrogen and oxygen atoms in total. The standard InChI is InChI=1S/C24H17N3O8S2/c1-34-18-10-8-16(9-11-18)26-23(29)21(22(28)25-24(26)36)13-15-4-2-6-19(12-15)35-37(32,33)20-7-3-5-17(14-20)27(30)31/h2-14H,1H3,(H,25,28,36)/b21-13-. The summed E-state index contributed by atoms with van der Waals surface area (Å²) in [5.74, 6) is -0.979. The molecule has 0 aliphatic carbocycles. The van der Waals surface area contributed by atoms with E-state index in [0.29, 0.717) is 11.4 Å². The molecule has 0 saturated carbocycles. The number of nitro groups is 1. The van der Waals surface area contributed by atoms with Crippen LogP contribution in [0.3, 0.4) is 0 Å². The monoisotopic (exact) mass is 539 g/mol. The zero-order valence-corrected chi connectivity index (χ0v) is 20.6. The SMILES string of the molecule is COc1ccc(N2C(=O)/C(=C\c3cccc(OS(=O)(=O)c4cccc([N+](=O)[O-])c4)c3)C(=O)NC2=S)cc1. The topological polar surface area (TPSA) is 145 Å². The van der Waals surface area contributed by atoms with Crippen molar-refractivity contribution >= 4 is 56.7 Å². The molecule has 37 heavy (non-hydrogen) atoms. The van der Waals surface area contributed by atoms with Crippen molar-refractivity contribution in [3.05, 3.63) is 94.0 Å². The minimum Gasteiger partial charge on any atom is -0.497 e. The van der Waals surface area contributed by atoms with E-state index >= 15 is 0 Å². The summed E-state index contributed by atoms with van der Waals surface area (Å²) in [6.45, 7) is 0. The molecule has 1 saturated heterocycles. The Morgan fingerprint density at radius 3 is 2.38 bits per heavy atom. The van der Waals surface area contributed by atoms with E-state index in [4.69, 9.17) is 21.1 Å². The summed E-state index contributed by atoms with van der Waals surface area (Å²) in [6.07, 6.45) is 1.27. The van der Waals surface area contributed by atoms with Crippen LogP contribution in [0.15, 0.2) is 83.3 Å². The van der Waals surface area contributed by atoms with Crippen LogP contribution in [0.5, 0.6) is 11.5 Å². The Bertz CT molecular complexity index is 1570. The molecule has 0 bridgehead atoms. The van der Waals surface area contributed by atoms with E-state index in [-0.39, 0.29) is 22.0 Å². The third-order valence-electron chi connectivity index (χ3n) is 5.12. The summed E-state index contributed by atoms with van der Waals surface area (Å²) >= 11 is 5.18. The number of nitro benzene ring substituents is 1. The van der Waals surface area contributed by atoms with Gasteiger partial charge in [-0.15, -0.1) is 0 Å². The molecular weight excluding hydrogens is 522 g/mol. The number of hydrogen-bond acceptors (Lipinski definition) is 9. The van der Waals surface area contributed by atoms with Crippen molar-refractivity contribution in [3.63, 3.8) is 0 Å². The number of ether oxygens (including phenoxy) is 1. The lowest BCUT2D eigenvalue weighted by atomic mass is 10.1.